The second-order valence-electron chi connectivity index (χ2n) is 6.97. The van der Waals surface area contributed by atoms with Crippen molar-refractivity contribution >= 4 is 5.91 Å². The molecule has 0 fully saturated rings. The van der Waals surface area contributed by atoms with Gasteiger partial charge in [-0.05, 0) is 31.0 Å². The van der Waals surface area contributed by atoms with Crippen LogP contribution in [0, 0.1) is 12.7 Å². The van der Waals surface area contributed by atoms with Gasteiger partial charge in [-0.3, -0.25) is 4.79 Å². The number of amides is 1. The van der Waals surface area contributed by atoms with Gasteiger partial charge in [0.1, 0.15) is 11.9 Å². The maximum atomic E-state index is 12.9. The molecule has 3 aromatic rings. The summed E-state index contributed by atoms with van der Waals surface area (Å²) in [5.41, 5.74) is 4.57. The van der Waals surface area contributed by atoms with Crippen molar-refractivity contribution in [2.75, 3.05) is 13.1 Å². The van der Waals surface area contributed by atoms with Gasteiger partial charge in [0.2, 0.25) is 0 Å². The monoisotopic (exact) mass is 377 g/mol. The lowest BCUT2D eigenvalue weighted by Gasteiger charge is -2.17. The molecule has 0 radical (unpaired) electrons. The lowest BCUT2D eigenvalue weighted by Crippen LogP contribution is -2.87. The first kappa shape index (κ1) is 19.8. The van der Waals surface area contributed by atoms with Crippen molar-refractivity contribution in [1.29, 1.82) is 0 Å². The van der Waals surface area contributed by atoms with E-state index in [0.717, 1.165) is 5.56 Å². The van der Waals surface area contributed by atoms with Crippen molar-refractivity contribution in [3.05, 3.63) is 107 Å². The van der Waals surface area contributed by atoms with Gasteiger partial charge in [0.15, 0.2) is 6.54 Å². The second-order valence-corrected chi connectivity index (χ2v) is 6.97. The molecule has 0 aromatic heterocycles. The van der Waals surface area contributed by atoms with Crippen LogP contribution in [0.1, 0.15) is 28.3 Å². The Balaban J connectivity index is 1.56. The van der Waals surface area contributed by atoms with E-state index in [-0.39, 0.29) is 17.8 Å². The van der Waals surface area contributed by atoms with Crippen LogP contribution in [0.25, 0.3) is 0 Å². The van der Waals surface area contributed by atoms with E-state index in [1.165, 1.54) is 28.8 Å². The minimum Gasteiger partial charge on any atom is -0.351 e. The molecule has 0 aliphatic carbocycles. The van der Waals surface area contributed by atoms with Crippen LogP contribution in [-0.4, -0.2) is 19.0 Å². The Morgan fingerprint density at radius 2 is 1.57 bits per heavy atom. The van der Waals surface area contributed by atoms with Crippen molar-refractivity contribution in [1.82, 2.24) is 5.32 Å². The third kappa shape index (κ3) is 5.76. The summed E-state index contributed by atoms with van der Waals surface area (Å²) in [7, 11) is 0. The number of quaternary nitrogens is 1. The summed E-state index contributed by atoms with van der Waals surface area (Å²) in [6.07, 6.45) is 0.687. The molecule has 0 aliphatic rings. The Morgan fingerprint density at radius 1 is 0.929 bits per heavy atom. The maximum absolute atomic E-state index is 12.9. The smallest absolute Gasteiger partial charge is 0.275 e. The SMILES string of the molecule is Cc1ccc([C@@H]([NH2+]CC(=O)NCCc2ccc(F)cc2)c2ccccc2)cc1. The summed E-state index contributed by atoms with van der Waals surface area (Å²) in [4.78, 5) is 12.3. The van der Waals surface area contributed by atoms with E-state index in [9.17, 15) is 9.18 Å². The van der Waals surface area contributed by atoms with Gasteiger partial charge in [0.05, 0.1) is 0 Å². The highest BCUT2D eigenvalue weighted by Crippen LogP contribution is 2.18. The van der Waals surface area contributed by atoms with E-state index in [2.05, 4.69) is 54.0 Å². The average Bonchev–Trinajstić information content (AvgIpc) is 2.72. The Kier molecular flexibility index (Phi) is 6.93. The zero-order valence-electron chi connectivity index (χ0n) is 16.1. The van der Waals surface area contributed by atoms with Crippen molar-refractivity contribution in [3.8, 4) is 0 Å². The molecule has 3 rings (SSSR count). The predicted molar refractivity (Wildman–Crippen MR) is 109 cm³/mol. The molecule has 1 atom stereocenters. The fourth-order valence-electron chi connectivity index (χ4n) is 3.19. The number of hydrogen-bond acceptors (Lipinski definition) is 1. The lowest BCUT2D eigenvalue weighted by atomic mass is 9.98. The molecule has 1 amide bonds. The number of rotatable bonds is 8. The third-order valence-corrected chi connectivity index (χ3v) is 4.78. The van der Waals surface area contributed by atoms with Crippen LogP contribution in [0.15, 0.2) is 78.9 Å². The number of aryl methyl sites for hydroxylation is 1. The van der Waals surface area contributed by atoms with Crippen molar-refractivity contribution in [3.63, 3.8) is 0 Å². The number of benzene rings is 3. The maximum Gasteiger partial charge on any atom is 0.275 e. The minimum absolute atomic E-state index is 0.00449. The molecule has 3 aromatic carbocycles. The second kappa shape index (κ2) is 9.81. The molecule has 144 valence electrons. The highest BCUT2D eigenvalue weighted by atomic mass is 19.1. The molecule has 3 N–H and O–H groups in total. The Morgan fingerprint density at radius 3 is 2.25 bits per heavy atom. The molecule has 0 saturated carbocycles. The molecule has 0 aliphatic heterocycles. The van der Waals surface area contributed by atoms with Crippen molar-refractivity contribution < 1.29 is 14.5 Å². The molecule has 0 spiro atoms. The molecular formula is C24H26FN2O+. The normalized spacial score (nSPS) is 11.8. The van der Waals surface area contributed by atoms with Crippen molar-refractivity contribution in [2.24, 2.45) is 0 Å². The van der Waals surface area contributed by atoms with E-state index in [4.69, 9.17) is 0 Å². The molecular weight excluding hydrogens is 351 g/mol. The van der Waals surface area contributed by atoms with Gasteiger partial charge in [0.25, 0.3) is 5.91 Å². The van der Waals surface area contributed by atoms with Gasteiger partial charge < -0.3 is 10.6 Å². The first-order valence-corrected chi connectivity index (χ1v) is 9.58. The minimum atomic E-state index is -0.245. The summed E-state index contributed by atoms with van der Waals surface area (Å²) in [6, 6.07) is 25.1. The largest absolute Gasteiger partial charge is 0.351 e. The van der Waals surface area contributed by atoms with Crippen LogP contribution in [0.3, 0.4) is 0 Å². The summed E-state index contributed by atoms with van der Waals surface area (Å²) in [6.45, 7) is 2.95. The van der Waals surface area contributed by atoms with Crippen LogP contribution >= 0.6 is 0 Å². The van der Waals surface area contributed by atoms with Gasteiger partial charge in [0, 0.05) is 17.7 Å². The number of halogens is 1. The number of carbonyl (C=O) groups is 1. The van der Waals surface area contributed by atoms with Crippen LogP contribution in [-0.2, 0) is 11.2 Å². The van der Waals surface area contributed by atoms with Crippen LogP contribution in [0.2, 0.25) is 0 Å². The number of carbonyl (C=O) groups excluding carboxylic acids is 1. The summed E-state index contributed by atoms with van der Waals surface area (Å²) in [5, 5.41) is 5.01. The van der Waals surface area contributed by atoms with E-state index in [0.29, 0.717) is 19.5 Å². The topological polar surface area (TPSA) is 45.7 Å². The van der Waals surface area contributed by atoms with Crippen molar-refractivity contribution in [2.45, 2.75) is 19.4 Å². The molecule has 28 heavy (non-hydrogen) atoms. The summed E-state index contributed by atoms with van der Waals surface area (Å²) in [5.74, 6) is -0.249. The van der Waals surface area contributed by atoms with Gasteiger partial charge in [-0.1, -0.05) is 72.3 Å². The third-order valence-electron chi connectivity index (χ3n) is 4.78. The molecule has 0 unspecified atom stereocenters. The van der Waals surface area contributed by atoms with Gasteiger partial charge >= 0.3 is 0 Å². The van der Waals surface area contributed by atoms with E-state index in [1.54, 1.807) is 12.1 Å². The first-order valence-electron chi connectivity index (χ1n) is 9.58. The number of hydrogen-bond donors (Lipinski definition) is 2. The standard InChI is InChI=1S/C24H25FN2O/c1-18-7-11-21(12-8-18)24(20-5-3-2-4-6-20)27-17-23(28)26-16-15-19-9-13-22(25)14-10-19/h2-14,24,27H,15-17H2,1H3,(H,26,28)/p+1/t24-/m0/s1. The lowest BCUT2D eigenvalue weighted by molar-refractivity contribution is -0.676. The number of nitrogens with one attached hydrogen (secondary N) is 1. The Hall–Kier alpha value is -2.98. The molecule has 0 bridgehead atoms. The van der Waals surface area contributed by atoms with Gasteiger partial charge in [-0.2, -0.15) is 0 Å². The quantitative estimate of drug-likeness (QED) is 0.622. The highest BCUT2D eigenvalue weighted by molar-refractivity contribution is 5.76. The summed E-state index contributed by atoms with van der Waals surface area (Å²) < 4.78 is 12.9. The average molecular weight is 377 g/mol. The van der Waals surface area contributed by atoms with Gasteiger partial charge in [-0.15, -0.1) is 0 Å². The van der Waals surface area contributed by atoms with E-state index >= 15 is 0 Å². The number of nitrogens with two attached hydrogens (primary N) is 1. The van der Waals surface area contributed by atoms with Gasteiger partial charge in [-0.25, -0.2) is 4.39 Å². The Labute approximate surface area is 165 Å². The fourth-order valence-corrected chi connectivity index (χ4v) is 3.19. The molecule has 0 saturated heterocycles. The van der Waals surface area contributed by atoms with E-state index < -0.39 is 0 Å². The zero-order chi connectivity index (χ0) is 19.8. The summed E-state index contributed by atoms with van der Waals surface area (Å²) >= 11 is 0. The Bertz CT molecular complexity index is 877. The molecule has 0 heterocycles. The molecule has 3 nitrogen and oxygen atoms in total. The first-order chi connectivity index (χ1) is 13.6. The highest BCUT2D eigenvalue weighted by Gasteiger charge is 2.18. The van der Waals surface area contributed by atoms with Crippen LogP contribution < -0.4 is 10.6 Å². The van der Waals surface area contributed by atoms with E-state index in [1.807, 2.05) is 18.2 Å². The zero-order valence-corrected chi connectivity index (χ0v) is 16.1. The fraction of sp³-hybridized carbons (Fsp3) is 0.208. The van der Waals surface area contributed by atoms with Crippen LogP contribution in [0.4, 0.5) is 4.39 Å². The molecule has 4 heteroatoms. The van der Waals surface area contributed by atoms with Crippen LogP contribution in [0.5, 0.6) is 0 Å². The predicted octanol–water partition coefficient (Wildman–Crippen LogP) is 3.15.